The van der Waals surface area contributed by atoms with Gasteiger partial charge in [-0.25, -0.2) is 0 Å². The second kappa shape index (κ2) is 5.60. The molecule has 1 spiro atoms. The van der Waals surface area contributed by atoms with E-state index in [0.29, 0.717) is 25.4 Å². The van der Waals surface area contributed by atoms with Crippen molar-refractivity contribution < 1.29 is 14.6 Å². The van der Waals surface area contributed by atoms with Crippen LogP contribution in [0.2, 0.25) is 0 Å². The Morgan fingerprint density at radius 3 is 2.91 bits per heavy atom. The molecule has 0 bridgehead atoms. The zero-order chi connectivity index (χ0) is 16.0. The smallest absolute Gasteiger partial charge is 0.274 e. The number of aromatic amines is 1. The summed E-state index contributed by atoms with van der Waals surface area (Å²) in [6, 6.07) is 0. The molecule has 2 aliphatic carbocycles. The Bertz CT molecular complexity index is 602. The SMILES string of the molecule is CCOC1CC(O)C12CCN(C(=O)c1n[nH]c3c1CCC3)CC2. The average Bonchev–Trinajstić information content (AvgIpc) is 3.17. The van der Waals surface area contributed by atoms with Crippen molar-refractivity contribution in [1.82, 2.24) is 15.1 Å². The highest BCUT2D eigenvalue weighted by molar-refractivity contribution is 5.94. The molecule has 1 aromatic heterocycles. The van der Waals surface area contributed by atoms with E-state index < -0.39 is 0 Å². The summed E-state index contributed by atoms with van der Waals surface area (Å²) < 4.78 is 5.79. The molecule has 3 aliphatic rings. The molecule has 2 unspecified atom stereocenters. The Morgan fingerprint density at radius 2 is 2.22 bits per heavy atom. The van der Waals surface area contributed by atoms with Crippen molar-refractivity contribution in [3.8, 4) is 0 Å². The molecule has 2 N–H and O–H groups in total. The Morgan fingerprint density at radius 1 is 1.43 bits per heavy atom. The van der Waals surface area contributed by atoms with Gasteiger partial charge in [-0.3, -0.25) is 9.89 Å². The first-order valence-corrected chi connectivity index (χ1v) is 8.81. The molecule has 23 heavy (non-hydrogen) atoms. The largest absolute Gasteiger partial charge is 0.392 e. The highest BCUT2D eigenvalue weighted by Crippen LogP contribution is 2.51. The van der Waals surface area contributed by atoms with Crippen LogP contribution in [0.1, 0.15) is 54.4 Å². The number of fused-ring (bicyclic) bond motifs is 1. The molecular formula is C17H25N3O3. The Kier molecular flexibility index (Phi) is 3.69. The molecule has 6 heteroatoms. The van der Waals surface area contributed by atoms with Gasteiger partial charge < -0.3 is 14.7 Å². The van der Waals surface area contributed by atoms with Gasteiger partial charge in [0.05, 0.1) is 12.2 Å². The molecule has 6 nitrogen and oxygen atoms in total. The Labute approximate surface area is 136 Å². The van der Waals surface area contributed by atoms with Gasteiger partial charge in [-0.05, 0) is 39.0 Å². The van der Waals surface area contributed by atoms with Crippen LogP contribution in [0.3, 0.4) is 0 Å². The molecule has 2 heterocycles. The molecule has 1 amide bonds. The molecule has 1 aromatic rings. The lowest BCUT2D eigenvalue weighted by Crippen LogP contribution is -2.62. The third kappa shape index (κ3) is 2.22. The predicted molar refractivity (Wildman–Crippen MR) is 84.2 cm³/mol. The van der Waals surface area contributed by atoms with Gasteiger partial charge in [0.15, 0.2) is 5.69 Å². The second-order valence-electron chi connectivity index (χ2n) is 7.10. The molecule has 2 atom stereocenters. The lowest BCUT2D eigenvalue weighted by atomic mass is 9.58. The number of ether oxygens (including phenoxy) is 1. The molecule has 1 saturated carbocycles. The van der Waals surface area contributed by atoms with Crippen molar-refractivity contribution in [2.45, 2.75) is 57.7 Å². The number of nitrogens with one attached hydrogen (secondary N) is 1. The van der Waals surface area contributed by atoms with Crippen LogP contribution in [0.25, 0.3) is 0 Å². The van der Waals surface area contributed by atoms with Crippen molar-refractivity contribution in [1.29, 1.82) is 0 Å². The van der Waals surface area contributed by atoms with Gasteiger partial charge in [0, 0.05) is 42.8 Å². The standard InChI is InChI=1S/C17H25N3O3/c1-2-23-14-10-13(21)17(14)6-8-20(9-7-17)16(22)15-11-4-3-5-12(11)18-19-15/h13-14,21H,2-10H2,1H3,(H,18,19). The first-order chi connectivity index (χ1) is 11.2. The fourth-order valence-corrected chi connectivity index (χ4v) is 4.59. The Balaban J connectivity index is 1.44. The minimum absolute atomic E-state index is 0.0426. The third-order valence-corrected chi connectivity index (χ3v) is 6.10. The number of aromatic nitrogens is 2. The second-order valence-corrected chi connectivity index (χ2v) is 7.10. The Hall–Kier alpha value is -1.40. The van der Waals surface area contributed by atoms with Gasteiger partial charge in [0.1, 0.15) is 0 Å². The first-order valence-electron chi connectivity index (χ1n) is 8.81. The highest BCUT2D eigenvalue weighted by atomic mass is 16.5. The minimum Gasteiger partial charge on any atom is -0.392 e. The highest BCUT2D eigenvalue weighted by Gasteiger charge is 2.56. The molecular weight excluding hydrogens is 294 g/mol. The van der Waals surface area contributed by atoms with Gasteiger partial charge in [0.25, 0.3) is 5.91 Å². The molecule has 0 aromatic carbocycles. The van der Waals surface area contributed by atoms with Gasteiger partial charge in [0.2, 0.25) is 0 Å². The number of likely N-dealkylation sites (tertiary alicyclic amines) is 1. The number of H-pyrrole nitrogens is 1. The monoisotopic (exact) mass is 319 g/mol. The number of amides is 1. The third-order valence-electron chi connectivity index (χ3n) is 6.10. The van der Waals surface area contributed by atoms with Crippen LogP contribution in [0.4, 0.5) is 0 Å². The number of aliphatic hydroxyl groups excluding tert-OH is 1. The average molecular weight is 319 g/mol. The first kappa shape index (κ1) is 15.1. The molecule has 0 radical (unpaired) electrons. The minimum atomic E-state index is -0.286. The van der Waals surface area contributed by atoms with Gasteiger partial charge in [-0.1, -0.05) is 0 Å². The zero-order valence-corrected chi connectivity index (χ0v) is 13.7. The predicted octanol–water partition coefficient (Wildman–Crippen LogP) is 1.29. The number of piperidine rings is 1. The van der Waals surface area contributed by atoms with Crippen molar-refractivity contribution in [2.24, 2.45) is 5.41 Å². The number of hydrogen-bond donors (Lipinski definition) is 2. The summed E-state index contributed by atoms with van der Waals surface area (Å²) in [5.74, 6) is 0.0426. The number of carbonyl (C=O) groups excluding carboxylic acids is 1. The summed E-state index contributed by atoms with van der Waals surface area (Å²) in [4.78, 5) is 14.7. The summed E-state index contributed by atoms with van der Waals surface area (Å²) >= 11 is 0. The van der Waals surface area contributed by atoms with Gasteiger partial charge in [-0.2, -0.15) is 5.10 Å². The van der Waals surface area contributed by atoms with E-state index in [2.05, 4.69) is 10.2 Å². The van der Waals surface area contributed by atoms with E-state index >= 15 is 0 Å². The number of aryl methyl sites for hydroxylation is 1. The van der Waals surface area contributed by atoms with Crippen LogP contribution >= 0.6 is 0 Å². The normalized spacial score (nSPS) is 28.7. The lowest BCUT2D eigenvalue weighted by molar-refractivity contribution is -0.207. The summed E-state index contributed by atoms with van der Waals surface area (Å²) in [5, 5.41) is 17.5. The van der Waals surface area contributed by atoms with E-state index in [4.69, 9.17) is 4.74 Å². The molecule has 1 aliphatic heterocycles. The number of nitrogens with zero attached hydrogens (tertiary/aromatic N) is 2. The van der Waals surface area contributed by atoms with E-state index in [1.807, 2.05) is 11.8 Å². The summed E-state index contributed by atoms with van der Waals surface area (Å²) in [5.41, 5.74) is 2.73. The summed E-state index contributed by atoms with van der Waals surface area (Å²) in [6.07, 6.45) is 5.29. The van der Waals surface area contributed by atoms with Crippen LogP contribution in [-0.4, -0.2) is 58.0 Å². The summed E-state index contributed by atoms with van der Waals surface area (Å²) in [7, 11) is 0. The van der Waals surface area contributed by atoms with Crippen LogP contribution in [0, 0.1) is 5.41 Å². The lowest BCUT2D eigenvalue weighted by Gasteiger charge is -2.56. The quantitative estimate of drug-likeness (QED) is 0.880. The molecule has 126 valence electrons. The fraction of sp³-hybridized carbons (Fsp3) is 0.765. The summed E-state index contributed by atoms with van der Waals surface area (Å²) in [6.45, 7) is 4.04. The molecule has 1 saturated heterocycles. The van der Waals surface area contributed by atoms with Crippen molar-refractivity contribution >= 4 is 5.91 Å². The maximum absolute atomic E-state index is 12.8. The topological polar surface area (TPSA) is 78.5 Å². The van der Waals surface area contributed by atoms with Crippen molar-refractivity contribution in [3.05, 3.63) is 17.0 Å². The van der Waals surface area contributed by atoms with Gasteiger partial charge >= 0.3 is 0 Å². The zero-order valence-electron chi connectivity index (χ0n) is 13.7. The van der Waals surface area contributed by atoms with Crippen LogP contribution < -0.4 is 0 Å². The van der Waals surface area contributed by atoms with E-state index in [0.717, 1.165) is 49.8 Å². The van der Waals surface area contributed by atoms with E-state index in [1.165, 1.54) is 0 Å². The van der Waals surface area contributed by atoms with E-state index in [-0.39, 0.29) is 23.5 Å². The number of carbonyl (C=O) groups is 1. The van der Waals surface area contributed by atoms with E-state index in [9.17, 15) is 9.90 Å². The maximum atomic E-state index is 12.8. The number of rotatable bonds is 3. The molecule has 4 rings (SSSR count). The maximum Gasteiger partial charge on any atom is 0.274 e. The van der Waals surface area contributed by atoms with E-state index in [1.54, 1.807) is 0 Å². The van der Waals surface area contributed by atoms with Crippen molar-refractivity contribution in [3.63, 3.8) is 0 Å². The van der Waals surface area contributed by atoms with Crippen LogP contribution in [0.15, 0.2) is 0 Å². The number of hydrogen-bond acceptors (Lipinski definition) is 4. The molecule has 2 fully saturated rings. The van der Waals surface area contributed by atoms with Gasteiger partial charge in [-0.15, -0.1) is 0 Å². The van der Waals surface area contributed by atoms with Crippen LogP contribution in [0.5, 0.6) is 0 Å². The number of aliphatic hydroxyl groups is 1. The van der Waals surface area contributed by atoms with Crippen molar-refractivity contribution in [2.75, 3.05) is 19.7 Å². The van der Waals surface area contributed by atoms with Crippen LogP contribution in [-0.2, 0) is 17.6 Å². The fourth-order valence-electron chi connectivity index (χ4n) is 4.59.